The number of carbonyl (C=O) groups excluding carboxylic acids is 1. The molecule has 0 aliphatic carbocycles. The molecule has 2 atom stereocenters. The molecule has 4 rings (SSSR count). The molecule has 1 aliphatic rings. The molecule has 0 aromatic carbocycles. The second-order valence-electron chi connectivity index (χ2n) is 8.05. The second kappa shape index (κ2) is 10.2. The molecule has 11 nitrogen and oxygen atoms in total. The second-order valence-corrected chi connectivity index (χ2v) is 9.16. The highest BCUT2D eigenvalue weighted by Crippen LogP contribution is 2.28. The molecule has 0 bridgehead atoms. The smallest absolute Gasteiger partial charge is 0.239 e. The van der Waals surface area contributed by atoms with Crippen LogP contribution in [0.5, 0.6) is 5.88 Å². The number of pyridine rings is 1. The van der Waals surface area contributed by atoms with Crippen molar-refractivity contribution in [2.45, 2.75) is 37.1 Å². The van der Waals surface area contributed by atoms with Crippen LogP contribution in [0.3, 0.4) is 0 Å². The molecule has 1 saturated heterocycles. The Morgan fingerprint density at radius 3 is 2.97 bits per heavy atom. The summed E-state index contributed by atoms with van der Waals surface area (Å²) < 4.78 is 6.93. The number of amides is 1. The van der Waals surface area contributed by atoms with E-state index in [1.54, 1.807) is 10.9 Å². The lowest BCUT2D eigenvalue weighted by Gasteiger charge is -2.34. The highest BCUT2D eigenvalue weighted by Gasteiger charge is 2.24. The van der Waals surface area contributed by atoms with Crippen LogP contribution < -0.4 is 20.3 Å². The first-order valence-electron chi connectivity index (χ1n) is 11.0. The van der Waals surface area contributed by atoms with Gasteiger partial charge in [-0.05, 0) is 19.3 Å². The highest BCUT2D eigenvalue weighted by atomic mass is 79.9. The van der Waals surface area contributed by atoms with Crippen LogP contribution in [0, 0.1) is 11.3 Å². The quantitative estimate of drug-likeness (QED) is 0.444. The van der Waals surface area contributed by atoms with E-state index in [9.17, 15) is 4.79 Å². The maximum Gasteiger partial charge on any atom is 0.239 e. The van der Waals surface area contributed by atoms with Crippen LogP contribution in [0.4, 0.5) is 17.6 Å². The standard InChI is InChI=1S/C22H26BrN9O2/c1-4-16(23)20(33)28-19-15-11-25-18(8-17(15)31(2)30-19)32-7-5-6-14(12-32)27-22-26-10-13(9-24)21(29-22)34-3/h8,10-11,14,16H,4-7,12H2,1-3H3,(H,26,27,29)(H,28,30,33). The molecule has 0 saturated carbocycles. The number of anilines is 3. The summed E-state index contributed by atoms with van der Waals surface area (Å²) in [4.78, 5) is 27.4. The van der Waals surface area contributed by atoms with E-state index in [1.165, 1.54) is 13.3 Å². The van der Waals surface area contributed by atoms with Gasteiger partial charge in [0.2, 0.25) is 17.7 Å². The zero-order chi connectivity index (χ0) is 24.2. The highest BCUT2D eigenvalue weighted by molar-refractivity contribution is 9.10. The summed E-state index contributed by atoms with van der Waals surface area (Å²) in [6.07, 6.45) is 5.83. The number of ether oxygens (including phenoxy) is 1. The van der Waals surface area contributed by atoms with Crippen LogP contribution in [0.25, 0.3) is 10.9 Å². The zero-order valence-corrected chi connectivity index (χ0v) is 20.8. The number of nitriles is 1. The molecular weight excluding hydrogens is 502 g/mol. The Labute approximate surface area is 205 Å². The monoisotopic (exact) mass is 527 g/mol. The summed E-state index contributed by atoms with van der Waals surface area (Å²) in [7, 11) is 3.33. The molecule has 12 heteroatoms. The van der Waals surface area contributed by atoms with Crippen molar-refractivity contribution in [3.05, 3.63) is 24.0 Å². The minimum Gasteiger partial charge on any atom is -0.480 e. The predicted octanol–water partition coefficient (Wildman–Crippen LogP) is 2.83. The number of carbonyl (C=O) groups is 1. The number of piperidine rings is 1. The number of nitrogens with zero attached hydrogens (tertiary/aromatic N) is 7. The third-order valence-electron chi connectivity index (χ3n) is 5.75. The summed E-state index contributed by atoms with van der Waals surface area (Å²) in [5.74, 6) is 1.90. The molecule has 1 aliphatic heterocycles. The van der Waals surface area contributed by atoms with Gasteiger partial charge in [0, 0.05) is 38.4 Å². The normalized spacial score (nSPS) is 16.7. The number of aryl methyl sites for hydroxylation is 1. The van der Waals surface area contributed by atoms with E-state index in [4.69, 9.17) is 10.00 Å². The Kier molecular flexibility index (Phi) is 7.12. The van der Waals surface area contributed by atoms with Crippen LogP contribution in [0.2, 0.25) is 0 Å². The molecule has 3 aromatic heterocycles. The van der Waals surface area contributed by atoms with Crippen LogP contribution in [0.1, 0.15) is 31.7 Å². The first kappa shape index (κ1) is 23.7. The van der Waals surface area contributed by atoms with Crippen molar-refractivity contribution in [1.29, 1.82) is 5.26 Å². The summed E-state index contributed by atoms with van der Waals surface area (Å²) in [5.41, 5.74) is 1.18. The largest absolute Gasteiger partial charge is 0.480 e. The molecule has 178 valence electrons. The zero-order valence-electron chi connectivity index (χ0n) is 19.2. The fourth-order valence-electron chi connectivity index (χ4n) is 3.94. The minimum atomic E-state index is -0.269. The Morgan fingerprint density at radius 2 is 2.24 bits per heavy atom. The number of methoxy groups -OCH3 is 1. The lowest BCUT2D eigenvalue weighted by molar-refractivity contribution is -0.115. The van der Waals surface area contributed by atoms with Crippen LogP contribution in [-0.4, -0.2) is 61.7 Å². The molecule has 1 amide bonds. The van der Waals surface area contributed by atoms with Crippen molar-refractivity contribution < 1.29 is 9.53 Å². The molecule has 2 N–H and O–H groups in total. The number of alkyl halides is 1. The molecule has 34 heavy (non-hydrogen) atoms. The first-order valence-corrected chi connectivity index (χ1v) is 11.9. The maximum absolute atomic E-state index is 12.3. The van der Waals surface area contributed by atoms with Gasteiger partial charge >= 0.3 is 0 Å². The molecule has 3 aromatic rings. The van der Waals surface area contributed by atoms with E-state index in [0.717, 1.165) is 36.1 Å². The molecule has 0 spiro atoms. The number of nitrogens with one attached hydrogen (secondary N) is 2. The number of aromatic nitrogens is 5. The van der Waals surface area contributed by atoms with Crippen molar-refractivity contribution >= 4 is 50.3 Å². The van der Waals surface area contributed by atoms with Crippen molar-refractivity contribution in [3.8, 4) is 11.9 Å². The Morgan fingerprint density at radius 1 is 1.41 bits per heavy atom. The van der Waals surface area contributed by atoms with Crippen molar-refractivity contribution in [3.63, 3.8) is 0 Å². The van der Waals surface area contributed by atoms with Gasteiger partial charge < -0.3 is 20.3 Å². The number of fused-ring (bicyclic) bond motifs is 1. The van der Waals surface area contributed by atoms with E-state index in [1.807, 2.05) is 26.1 Å². The predicted molar refractivity (Wildman–Crippen MR) is 132 cm³/mol. The molecular formula is C22H26BrN9O2. The minimum absolute atomic E-state index is 0.107. The average molecular weight is 528 g/mol. The number of hydrogen-bond donors (Lipinski definition) is 2. The lowest BCUT2D eigenvalue weighted by Crippen LogP contribution is -2.42. The van der Waals surface area contributed by atoms with Gasteiger partial charge in [-0.2, -0.15) is 15.3 Å². The van der Waals surface area contributed by atoms with Crippen LogP contribution >= 0.6 is 15.9 Å². The van der Waals surface area contributed by atoms with Gasteiger partial charge in [0.15, 0.2) is 5.82 Å². The van der Waals surface area contributed by atoms with E-state index >= 15 is 0 Å². The van der Waals surface area contributed by atoms with Gasteiger partial charge in [-0.25, -0.2) is 9.97 Å². The SMILES string of the molecule is CCC(Br)C(=O)Nc1nn(C)c2cc(N3CCCC(Nc4ncc(C#N)c(OC)n4)C3)ncc12. The van der Waals surface area contributed by atoms with Gasteiger partial charge in [-0.3, -0.25) is 9.48 Å². The number of rotatable bonds is 7. The van der Waals surface area contributed by atoms with E-state index in [-0.39, 0.29) is 22.7 Å². The first-order chi connectivity index (χ1) is 16.4. The van der Waals surface area contributed by atoms with E-state index in [2.05, 4.69) is 51.5 Å². The third kappa shape index (κ3) is 4.89. The van der Waals surface area contributed by atoms with E-state index in [0.29, 0.717) is 30.3 Å². The van der Waals surface area contributed by atoms with Gasteiger partial charge in [-0.1, -0.05) is 22.9 Å². The summed E-state index contributed by atoms with van der Waals surface area (Å²) in [5, 5.41) is 20.6. The fourth-order valence-corrected chi connectivity index (χ4v) is 4.06. The maximum atomic E-state index is 12.3. The number of halogens is 1. The van der Waals surface area contributed by atoms with Crippen molar-refractivity contribution in [1.82, 2.24) is 24.7 Å². The van der Waals surface area contributed by atoms with Crippen LogP contribution in [-0.2, 0) is 11.8 Å². The Balaban J connectivity index is 1.50. The van der Waals surface area contributed by atoms with E-state index < -0.39 is 0 Å². The topological polar surface area (TPSA) is 134 Å². The fraction of sp³-hybridized carbons (Fsp3) is 0.455. The van der Waals surface area contributed by atoms with Gasteiger partial charge in [0.05, 0.1) is 29.0 Å². The average Bonchev–Trinajstić information content (AvgIpc) is 3.17. The Bertz CT molecular complexity index is 1240. The molecule has 4 heterocycles. The Hall–Kier alpha value is -3.46. The summed E-state index contributed by atoms with van der Waals surface area (Å²) in [6, 6.07) is 4.12. The van der Waals surface area contributed by atoms with Gasteiger partial charge in [-0.15, -0.1) is 0 Å². The number of hydrogen-bond acceptors (Lipinski definition) is 9. The third-order valence-corrected chi connectivity index (χ3v) is 6.82. The van der Waals surface area contributed by atoms with Gasteiger partial charge in [0.25, 0.3) is 0 Å². The summed E-state index contributed by atoms with van der Waals surface area (Å²) >= 11 is 3.37. The van der Waals surface area contributed by atoms with Crippen molar-refractivity contribution in [2.24, 2.45) is 7.05 Å². The van der Waals surface area contributed by atoms with Crippen molar-refractivity contribution in [2.75, 3.05) is 35.7 Å². The summed E-state index contributed by atoms with van der Waals surface area (Å²) in [6.45, 7) is 3.53. The van der Waals surface area contributed by atoms with Crippen LogP contribution in [0.15, 0.2) is 18.5 Å². The molecule has 1 fully saturated rings. The van der Waals surface area contributed by atoms with Gasteiger partial charge in [0.1, 0.15) is 17.5 Å². The molecule has 2 unspecified atom stereocenters. The molecule has 0 radical (unpaired) electrons. The lowest BCUT2D eigenvalue weighted by atomic mass is 10.1.